The van der Waals surface area contributed by atoms with Crippen LogP contribution in [0.1, 0.15) is 54.0 Å². The maximum Gasteiger partial charge on any atom is 0.269 e. The van der Waals surface area contributed by atoms with Crippen molar-refractivity contribution in [2.45, 2.75) is 65.5 Å². The Kier molecular flexibility index (Phi) is 3.66. The first-order valence-electron chi connectivity index (χ1n) is 7.48. The topological polar surface area (TPSA) is 61.6 Å². The summed E-state index contributed by atoms with van der Waals surface area (Å²) in [4.78, 5) is 10.5. The number of rotatable bonds is 2. The Hall–Kier alpha value is -1.46. The van der Waals surface area contributed by atoms with Crippen LogP contribution < -0.4 is 0 Å². The lowest BCUT2D eigenvalue weighted by molar-refractivity contribution is -0.384. The highest BCUT2D eigenvalue weighted by molar-refractivity contribution is 5.36. The van der Waals surface area contributed by atoms with Crippen molar-refractivity contribution in [1.82, 2.24) is 0 Å². The molecule has 0 unspecified atom stereocenters. The van der Waals surface area contributed by atoms with Crippen LogP contribution in [0.25, 0.3) is 0 Å². The number of hydrogen-bond donors (Lipinski definition) is 0. The molecule has 0 N–H and O–H groups in total. The molecule has 1 aliphatic rings. The molecule has 0 aromatic heterocycles. The summed E-state index contributed by atoms with van der Waals surface area (Å²) in [5.74, 6) is -0.949. The van der Waals surface area contributed by atoms with Gasteiger partial charge in [-0.25, -0.2) is 0 Å². The van der Waals surface area contributed by atoms with E-state index < -0.39 is 21.9 Å². The Morgan fingerprint density at radius 1 is 0.955 bits per heavy atom. The fraction of sp³-hybridized carbons (Fsp3) is 0.647. The zero-order chi connectivity index (χ0) is 17.0. The van der Waals surface area contributed by atoms with Crippen molar-refractivity contribution in [3.8, 4) is 0 Å². The van der Waals surface area contributed by atoms with Gasteiger partial charge in [0.25, 0.3) is 5.69 Å². The first kappa shape index (κ1) is 16.9. The van der Waals surface area contributed by atoms with E-state index in [4.69, 9.17) is 9.47 Å². The fourth-order valence-corrected chi connectivity index (χ4v) is 2.64. The molecule has 1 aromatic rings. The number of nitro benzene ring substituents is 1. The van der Waals surface area contributed by atoms with E-state index in [1.54, 1.807) is 12.1 Å². The Labute approximate surface area is 131 Å². The molecule has 1 aromatic carbocycles. The molecule has 0 amide bonds. The van der Waals surface area contributed by atoms with E-state index in [1.807, 2.05) is 48.5 Å². The molecule has 5 nitrogen and oxygen atoms in total. The van der Waals surface area contributed by atoms with Gasteiger partial charge in [-0.1, -0.05) is 20.8 Å². The zero-order valence-corrected chi connectivity index (χ0v) is 14.4. The summed E-state index contributed by atoms with van der Waals surface area (Å²) < 4.78 is 12.8. The van der Waals surface area contributed by atoms with Crippen LogP contribution in [0.5, 0.6) is 0 Å². The Balaban J connectivity index is 2.56. The van der Waals surface area contributed by atoms with E-state index in [2.05, 4.69) is 0 Å². The number of nitrogens with zero attached hydrogens (tertiary/aromatic N) is 1. The fourth-order valence-electron chi connectivity index (χ4n) is 2.64. The summed E-state index contributed by atoms with van der Waals surface area (Å²) in [6.45, 7) is 14.2. The predicted molar refractivity (Wildman–Crippen MR) is 84.6 cm³/mol. The molecule has 0 saturated carbocycles. The third-order valence-corrected chi connectivity index (χ3v) is 4.69. The van der Waals surface area contributed by atoms with Gasteiger partial charge in [0.2, 0.25) is 5.79 Å². The molecule has 1 aliphatic heterocycles. The van der Waals surface area contributed by atoms with Gasteiger partial charge in [-0.3, -0.25) is 10.1 Å². The van der Waals surface area contributed by atoms with E-state index >= 15 is 0 Å². The second-order valence-corrected chi connectivity index (χ2v) is 7.90. The normalized spacial score (nSPS) is 22.5. The van der Waals surface area contributed by atoms with Gasteiger partial charge in [-0.2, -0.15) is 0 Å². The molecule has 1 heterocycles. The first-order chi connectivity index (χ1) is 9.82. The van der Waals surface area contributed by atoms with Gasteiger partial charge in [0.1, 0.15) is 0 Å². The van der Waals surface area contributed by atoms with Crippen LogP contribution in [-0.2, 0) is 15.3 Å². The second kappa shape index (κ2) is 4.77. The summed E-state index contributed by atoms with van der Waals surface area (Å²) in [6, 6.07) is 6.43. The molecular weight excluding hydrogens is 282 g/mol. The molecule has 0 spiro atoms. The highest BCUT2D eigenvalue weighted by Crippen LogP contribution is 2.56. The summed E-state index contributed by atoms with van der Waals surface area (Å²) in [5, 5.41) is 10.9. The highest BCUT2D eigenvalue weighted by Gasteiger charge is 2.62. The first-order valence-corrected chi connectivity index (χ1v) is 7.48. The van der Waals surface area contributed by atoms with Gasteiger partial charge in [0.05, 0.1) is 16.1 Å². The van der Waals surface area contributed by atoms with Crippen molar-refractivity contribution in [3.05, 3.63) is 39.9 Å². The highest BCUT2D eigenvalue weighted by atomic mass is 16.8. The minimum atomic E-state index is -0.949. The lowest BCUT2D eigenvalue weighted by atomic mass is 9.80. The van der Waals surface area contributed by atoms with E-state index in [-0.39, 0.29) is 11.1 Å². The molecule has 22 heavy (non-hydrogen) atoms. The van der Waals surface area contributed by atoms with Crippen molar-refractivity contribution < 1.29 is 14.4 Å². The van der Waals surface area contributed by atoms with Gasteiger partial charge in [0, 0.05) is 23.1 Å². The maximum atomic E-state index is 10.9. The van der Waals surface area contributed by atoms with Crippen LogP contribution in [0, 0.1) is 15.5 Å². The minimum absolute atomic E-state index is 0.0596. The molecule has 0 bridgehead atoms. The molecule has 0 radical (unpaired) electrons. The van der Waals surface area contributed by atoms with Gasteiger partial charge >= 0.3 is 0 Å². The van der Waals surface area contributed by atoms with Crippen molar-refractivity contribution >= 4 is 5.69 Å². The Bertz CT molecular complexity index is 566. The lowest BCUT2D eigenvalue weighted by Crippen LogP contribution is -2.42. The van der Waals surface area contributed by atoms with Crippen molar-refractivity contribution in [3.63, 3.8) is 0 Å². The maximum absolute atomic E-state index is 10.9. The van der Waals surface area contributed by atoms with Crippen LogP contribution in [0.4, 0.5) is 5.69 Å². The largest absolute Gasteiger partial charge is 0.336 e. The standard InChI is InChI=1S/C17H25NO4/c1-14(2,3)17(21-15(4,5)16(6,7)22-17)12-8-10-13(11-9-12)18(19)20/h8-11H,1-7H3. The van der Waals surface area contributed by atoms with Crippen molar-refractivity contribution in [1.29, 1.82) is 0 Å². The number of non-ortho nitro benzene ring substituents is 1. The lowest BCUT2D eigenvalue weighted by Gasteiger charge is -2.41. The zero-order valence-electron chi connectivity index (χ0n) is 14.4. The van der Waals surface area contributed by atoms with Crippen LogP contribution >= 0.6 is 0 Å². The number of benzene rings is 1. The van der Waals surface area contributed by atoms with Crippen LogP contribution in [0.3, 0.4) is 0 Å². The summed E-state index contributed by atoms with van der Waals surface area (Å²) in [6.07, 6.45) is 0. The summed E-state index contributed by atoms with van der Waals surface area (Å²) in [5.41, 5.74) is -0.452. The van der Waals surface area contributed by atoms with E-state index in [9.17, 15) is 10.1 Å². The van der Waals surface area contributed by atoms with E-state index in [0.29, 0.717) is 0 Å². The van der Waals surface area contributed by atoms with Gasteiger partial charge in [-0.05, 0) is 39.8 Å². The average molecular weight is 307 g/mol. The van der Waals surface area contributed by atoms with Gasteiger partial charge < -0.3 is 9.47 Å². The van der Waals surface area contributed by atoms with Crippen LogP contribution in [-0.4, -0.2) is 16.1 Å². The Morgan fingerprint density at radius 2 is 1.36 bits per heavy atom. The third-order valence-electron chi connectivity index (χ3n) is 4.69. The van der Waals surface area contributed by atoms with Gasteiger partial charge in [-0.15, -0.1) is 0 Å². The summed E-state index contributed by atoms with van der Waals surface area (Å²) in [7, 11) is 0. The quantitative estimate of drug-likeness (QED) is 0.600. The molecule has 0 aliphatic carbocycles. The molecule has 1 saturated heterocycles. The Morgan fingerprint density at radius 3 is 1.68 bits per heavy atom. The minimum Gasteiger partial charge on any atom is -0.336 e. The molecule has 5 heteroatoms. The van der Waals surface area contributed by atoms with E-state index in [0.717, 1.165) is 5.56 Å². The number of ether oxygens (including phenoxy) is 2. The molecule has 0 atom stereocenters. The van der Waals surface area contributed by atoms with Gasteiger partial charge in [0.15, 0.2) is 0 Å². The van der Waals surface area contributed by atoms with Crippen molar-refractivity contribution in [2.75, 3.05) is 0 Å². The molecule has 122 valence electrons. The van der Waals surface area contributed by atoms with Crippen LogP contribution in [0.15, 0.2) is 24.3 Å². The van der Waals surface area contributed by atoms with Crippen molar-refractivity contribution in [2.24, 2.45) is 5.41 Å². The monoisotopic (exact) mass is 307 g/mol. The van der Waals surface area contributed by atoms with E-state index in [1.165, 1.54) is 12.1 Å². The average Bonchev–Trinajstić information content (AvgIpc) is 2.56. The smallest absolute Gasteiger partial charge is 0.269 e. The number of hydrogen-bond acceptors (Lipinski definition) is 4. The molecule has 2 rings (SSSR count). The SMILES string of the molecule is CC(C)(C)C1(c2ccc([N+](=O)[O-])cc2)OC(C)(C)C(C)(C)O1. The third kappa shape index (κ3) is 2.42. The number of nitro groups is 1. The van der Waals surface area contributed by atoms with Crippen LogP contribution in [0.2, 0.25) is 0 Å². The molecular formula is C17H25NO4. The molecule has 1 fully saturated rings. The second-order valence-electron chi connectivity index (χ2n) is 7.90. The summed E-state index contributed by atoms with van der Waals surface area (Å²) >= 11 is 0. The predicted octanol–water partition coefficient (Wildman–Crippen LogP) is 4.40.